The predicted molar refractivity (Wildman–Crippen MR) is 71.3 cm³/mol. The molecule has 0 saturated heterocycles. The van der Waals surface area contributed by atoms with E-state index < -0.39 is 13.1 Å². The summed E-state index contributed by atoms with van der Waals surface area (Å²) in [5.41, 5.74) is -0.232. The molecule has 1 atom stereocenters. The van der Waals surface area contributed by atoms with Crippen molar-refractivity contribution < 1.29 is 17.9 Å². The van der Waals surface area contributed by atoms with Crippen LogP contribution in [0, 0.1) is 11.8 Å². The number of ether oxygens (including phenoxy) is 1. The third kappa shape index (κ3) is 5.38. The molecule has 0 radical (unpaired) electrons. The highest BCUT2D eigenvalue weighted by atomic mass is 79.9. The minimum atomic E-state index is -2.65. The molecule has 0 amide bonds. The van der Waals surface area contributed by atoms with Crippen LogP contribution in [0.4, 0.5) is 13.2 Å². The van der Waals surface area contributed by atoms with Gasteiger partial charge in [-0.05, 0) is 34.3 Å². The van der Waals surface area contributed by atoms with Crippen LogP contribution >= 0.6 is 15.9 Å². The average molecular weight is 340 g/mol. The first-order valence-corrected chi connectivity index (χ1v) is 6.85. The van der Waals surface area contributed by atoms with E-state index in [1.54, 1.807) is 0 Å². The Morgan fingerprint density at radius 1 is 1.37 bits per heavy atom. The van der Waals surface area contributed by atoms with Gasteiger partial charge < -0.3 is 4.74 Å². The van der Waals surface area contributed by atoms with Gasteiger partial charge in [-0.25, -0.2) is 13.8 Å². The van der Waals surface area contributed by atoms with Crippen molar-refractivity contribution in [3.63, 3.8) is 0 Å². The molecular weight excluding hydrogens is 323 g/mol. The Bertz CT molecular complexity index is 401. The van der Waals surface area contributed by atoms with Crippen molar-refractivity contribution in [1.82, 2.24) is 4.98 Å². The van der Waals surface area contributed by atoms with E-state index in [9.17, 15) is 13.2 Å². The van der Waals surface area contributed by atoms with Crippen molar-refractivity contribution >= 4 is 15.9 Å². The quantitative estimate of drug-likeness (QED) is 0.666. The summed E-state index contributed by atoms with van der Waals surface area (Å²) in [5.74, 6) is 0.0662. The summed E-state index contributed by atoms with van der Waals surface area (Å²) in [5, 5.41) is 0. The molecule has 0 N–H and O–H groups in total. The molecule has 0 aliphatic carbocycles. The van der Waals surface area contributed by atoms with Crippen molar-refractivity contribution in [2.45, 2.75) is 26.7 Å². The Hall–Kier alpha value is -0.780. The fourth-order valence-electron chi connectivity index (χ4n) is 1.77. The van der Waals surface area contributed by atoms with Gasteiger partial charge in [0.15, 0.2) is 0 Å². The standard InChI is InChI=1S/C13H17BrF3NO/c1-8(2)3-9(5-15)7-19-11-6-18-12(14)4-10(11)13(16)17/h4,6,8-9,13H,3,5,7H2,1-2H3. The van der Waals surface area contributed by atoms with Crippen molar-refractivity contribution in [1.29, 1.82) is 0 Å². The van der Waals surface area contributed by atoms with Crippen molar-refractivity contribution in [2.24, 2.45) is 11.8 Å². The molecule has 1 aromatic heterocycles. The van der Waals surface area contributed by atoms with E-state index in [1.807, 2.05) is 13.8 Å². The third-order valence-corrected chi connectivity index (χ3v) is 3.03. The van der Waals surface area contributed by atoms with Gasteiger partial charge in [0.05, 0.1) is 25.0 Å². The molecule has 0 spiro atoms. The number of hydrogen-bond acceptors (Lipinski definition) is 2. The molecule has 1 heterocycles. The van der Waals surface area contributed by atoms with Crippen LogP contribution in [-0.2, 0) is 0 Å². The van der Waals surface area contributed by atoms with Gasteiger partial charge in [-0.3, -0.25) is 4.39 Å². The first-order valence-electron chi connectivity index (χ1n) is 6.06. The summed E-state index contributed by atoms with van der Waals surface area (Å²) < 4.78 is 44.1. The Balaban J connectivity index is 2.71. The average Bonchev–Trinajstić information content (AvgIpc) is 2.34. The van der Waals surface area contributed by atoms with Crippen molar-refractivity contribution in [3.05, 3.63) is 22.4 Å². The molecule has 0 bridgehead atoms. The molecule has 108 valence electrons. The van der Waals surface area contributed by atoms with E-state index in [1.165, 1.54) is 12.3 Å². The highest BCUT2D eigenvalue weighted by Gasteiger charge is 2.18. The maximum atomic E-state index is 12.8. The van der Waals surface area contributed by atoms with Crippen LogP contribution in [0.25, 0.3) is 0 Å². The SMILES string of the molecule is CC(C)CC(CF)COc1cnc(Br)cc1C(F)F. The van der Waals surface area contributed by atoms with Crippen LogP contribution in [0.2, 0.25) is 0 Å². The topological polar surface area (TPSA) is 22.1 Å². The Kier molecular flexibility index (Phi) is 6.62. The minimum Gasteiger partial charge on any atom is -0.491 e. The van der Waals surface area contributed by atoms with Crippen LogP contribution in [0.5, 0.6) is 5.75 Å². The monoisotopic (exact) mass is 339 g/mol. The van der Waals surface area contributed by atoms with Gasteiger partial charge in [0.1, 0.15) is 10.4 Å². The first-order chi connectivity index (χ1) is 8.93. The lowest BCUT2D eigenvalue weighted by Gasteiger charge is -2.17. The van der Waals surface area contributed by atoms with E-state index in [4.69, 9.17) is 4.74 Å². The summed E-state index contributed by atoms with van der Waals surface area (Å²) >= 11 is 3.03. The lowest BCUT2D eigenvalue weighted by atomic mass is 9.99. The Labute approximate surface area is 119 Å². The minimum absolute atomic E-state index is 0.0143. The van der Waals surface area contributed by atoms with Gasteiger partial charge in [-0.15, -0.1) is 0 Å². The van der Waals surface area contributed by atoms with E-state index in [-0.39, 0.29) is 23.8 Å². The maximum absolute atomic E-state index is 12.8. The Morgan fingerprint density at radius 3 is 2.58 bits per heavy atom. The molecule has 1 unspecified atom stereocenters. The lowest BCUT2D eigenvalue weighted by Crippen LogP contribution is -2.17. The van der Waals surface area contributed by atoms with Crippen LogP contribution in [0.3, 0.4) is 0 Å². The lowest BCUT2D eigenvalue weighted by molar-refractivity contribution is 0.139. The number of pyridine rings is 1. The number of nitrogens with zero attached hydrogens (tertiary/aromatic N) is 1. The summed E-state index contributed by atoms with van der Waals surface area (Å²) in [6.07, 6.45) is -0.760. The zero-order chi connectivity index (χ0) is 14.4. The van der Waals surface area contributed by atoms with E-state index in [2.05, 4.69) is 20.9 Å². The van der Waals surface area contributed by atoms with Crippen molar-refractivity contribution in [3.8, 4) is 5.75 Å². The molecular formula is C13H17BrF3NO. The zero-order valence-electron chi connectivity index (χ0n) is 10.9. The van der Waals surface area contributed by atoms with Crippen LogP contribution in [-0.4, -0.2) is 18.3 Å². The molecule has 6 heteroatoms. The van der Waals surface area contributed by atoms with Gasteiger partial charge in [0.25, 0.3) is 6.43 Å². The van der Waals surface area contributed by atoms with Crippen molar-refractivity contribution in [2.75, 3.05) is 13.3 Å². The molecule has 0 fully saturated rings. The van der Waals surface area contributed by atoms with E-state index >= 15 is 0 Å². The number of alkyl halides is 3. The molecule has 0 aliphatic heterocycles. The molecule has 19 heavy (non-hydrogen) atoms. The number of rotatable bonds is 7. The third-order valence-electron chi connectivity index (χ3n) is 2.60. The summed E-state index contributed by atoms with van der Waals surface area (Å²) in [6, 6.07) is 1.22. The normalized spacial score (nSPS) is 13.1. The van der Waals surface area contributed by atoms with E-state index in [0.29, 0.717) is 16.9 Å². The van der Waals surface area contributed by atoms with Gasteiger partial charge in [-0.2, -0.15) is 0 Å². The molecule has 2 nitrogen and oxygen atoms in total. The van der Waals surface area contributed by atoms with Gasteiger partial charge in [0.2, 0.25) is 0 Å². The molecule has 1 aromatic rings. The molecule has 1 rings (SSSR count). The smallest absolute Gasteiger partial charge is 0.267 e. The number of hydrogen-bond donors (Lipinski definition) is 0. The van der Waals surface area contributed by atoms with E-state index in [0.717, 1.165) is 0 Å². The van der Waals surface area contributed by atoms with Gasteiger partial charge in [0, 0.05) is 5.92 Å². The number of halogens is 4. The van der Waals surface area contributed by atoms with Gasteiger partial charge >= 0.3 is 0 Å². The predicted octanol–water partition coefficient (Wildman–Crippen LogP) is 4.79. The molecule has 0 saturated carbocycles. The van der Waals surface area contributed by atoms with Crippen LogP contribution in [0.15, 0.2) is 16.9 Å². The largest absolute Gasteiger partial charge is 0.491 e. The number of aromatic nitrogens is 1. The second-order valence-electron chi connectivity index (χ2n) is 4.81. The fourth-order valence-corrected chi connectivity index (χ4v) is 2.12. The summed E-state index contributed by atoms with van der Waals surface area (Å²) in [4.78, 5) is 3.85. The second-order valence-corrected chi connectivity index (χ2v) is 5.62. The van der Waals surface area contributed by atoms with Gasteiger partial charge in [-0.1, -0.05) is 13.8 Å². The maximum Gasteiger partial charge on any atom is 0.267 e. The highest BCUT2D eigenvalue weighted by Crippen LogP contribution is 2.30. The van der Waals surface area contributed by atoms with Crippen LogP contribution < -0.4 is 4.74 Å². The summed E-state index contributed by atoms with van der Waals surface area (Å²) in [7, 11) is 0. The van der Waals surface area contributed by atoms with Crippen LogP contribution in [0.1, 0.15) is 32.3 Å². The zero-order valence-corrected chi connectivity index (χ0v) is 12.5. The Morgan fingerprint density at radius 2 is 2.05 bits per heavy atom. The summed E-state index contributed by atoms with van der Waals surface area (Å²) in [6.45, 7) is 3.52. The second kappa shape index (κ2) is 7.72. The molecule has 0 aliphatic rings. The fraction of sp³-hybridized carbons (Fsp3) is 0.615. The highest BCUT2D eigenvalue weighted by molar-refractivity contribution is 9.10. The first kappa shape index (κ1) is 16.3. The molecule has 0 aromatic carbocycles.